The summed E-state index contributed by atoms with van der Waals surface area (Å²) >= 11 is 0. The summed E-state index contributed by atoms with van der Waals surface area (Å²) in [7, 11) is 0. The molecule has 2 amide bonds. The predicted octanol–water partition coefficient (Wildman–Crippen LogP) is 1.95. The highest BCUT2D eigenvalue weighted by molar-refractivity contribution is 5.89. The third kappa shape index (κ3) is 3.70. The number of nitrogens with two attached hydrogens (primary N) is 1. The first-order chi connectivity index (χ1) is 9.19. The lowest BCUT2D eigenvalue weighted by atomic mass is 9.91. The molecule has 5 nitrogen and oxygen atoms in total. The van der Waals surface area contributed by atoms with E-state index in [1.54, 1.807) is 24.3 Å². The molecule has 0 aliphatic heterocycles. The Morgan fingerprint density at radius 3 is 2.89 bits per heavy atom. The summed E-state index contributed by atoms with van der Waals surface area (Å²) in [5.74, 6) is 0. The number of nitrogens with zero attached hydrogens (tertiary/aromatic N) is 1. The summed E-state index contributed by atoms with van der Waals surface area (Å²) < 4.78 is 0. The number of amides is 2. The minimum absolute atomic E-state index is 0.0324. The van der Waals surface area contributed by atoms with Crippen molar-refractivity contribution in [1.82, 2.24) is 5.32 Å². The van der Waals surface area contributed by atoms with Crippen LogP contribution >= 0.6 is 0 Å². The first kappa shape index (κ1) is 13.4. The van der Waals surface area contributed by atoms with E-state index in [0.717, 1.165) is 25.7 Å². The molecular formula is C14H18N4O. The molecule has 19 heavy (non-hydrogen) atoms. The van der Waals surface area contributed by atoms with Gasteiger partial charge in [-0.15, -0.1) is 0 Å². The fourth-order valence-electron chi connectivity index (χ4n) is 2.34. The first-order valence-corrected chi connectivity index (χ1v) is 6.52. The van der Waals surface area contributed by atoms with Crippen molar-refractivity contribution in [1.29, 1.82) is 5.26 Å². The number of carbonyl (C=O) groups excluding carboxylic acids is 1. The van der Waals surface area contributed by atoms with Crippen molar-refractivity contribution in [3.63, 3.8) is 0 Å². The van der Waals surface area contributed by atoms with Crippen LogP contribution in [0.4, 0.5) is 10.5 Å². The van der Waals surface area contributed by atoms with Crippen LogP contribution in [0.25, 0.3) is 0 Å². The van der Waals surface area contributed by atoms with E-state index in [-0.39, 0.29) is 18.1 Å². The smallest absolute Gasteiger partial charge is 0.319 e. The second kappa shape index (κ2) is 6.21. The molecule has 2 rings (SSSR count). The van der Waals surface area contributed by atoms with E-state index >= 15 is 0 Å². The van der Waals surface area contributed by atoms with Crippen molar-refractivity contribution in [3.8, 4) is 6.07 Å². The molecule has 4 N–H and O–H groups in total. The molecule has 0 bridgehead atoms. The number of benzene rings is 1. The number of nitrogens with one attached hydrogen (secondary N) is 2. The summed E-state index contributed by atoms with van der Waals surface area (Å²) in [4.78, 5) is 11.9. The Labute approximate surface area is 112 Å². The van der Waals surface area contributed by atoms with E-state index < -0.39 is 0 Å². The van der Waals surface area contributed by atoms with Gasteiger partial charge in [0.05, 0.1) is 11.6 Å². The standard InChI is InChI=1S/C14H18N4O/c15-9-10-4-3-5-11(8-10)17-14(19)18-13-7-2-1-6-12(13)16/h3-5,8,12-13H,1-2,6-7,16H2,(H2,17,18,19)/t12-,13-/m1/s1. The minimum Gasteiger partial charge on any atom is -0.334 e. The Morgan fingerprint density at radius 2 is 2.16 bits per heavy atom. The number of anilines is 1. The zero-order chi connectivity index (χ0) is 13.7. The third-order valence-corrected chi connectivity index (χ3v) is 3.39. The van der Waals surface area contributed by atoms with Crippen LogP contribution < -0.4 is 16.4 Å². The van der Waals surface area contributed by atoms with Gasteiger partial charge in [0, 0.05) is 17.8 Å². The average Bonchev–Trinajstić information content (AvgIpc) is 2.41. The van der Waals surface area contributed by atoms with E-state index in [0.29, 0.717) is 11.3 Å². The Balaban J connectivity index is 1.91. The lowest BCUT2D eigenvalue weighted by molar-refractivity contribution is 0.240. The molecule has 0 heterocycles. The van der Waals surface area contributed by atoms with Crippen LogP contribution in [0.1, 0.15) is 31.2 Å². The molecule has 0 unspecified atom stereocenters. The second-order valence-corrected chi connectivity index (χ2v) is 4.85. The van der Waals surface area contributed by atoms with E-state index in [1.807, 2.05) is 6.07 Å². The maximum absolute atomic E-state index is 11.9. The number of nitriles is 1. The first-order valence-electron chi connectivity index (χ1n) is 6.52. The fraction of sp³-hybridized carbons (Fsp3) is 0.429. The van der Waals surface area contributed by atoms with Gasteiger partial charge in [-0.2, -0.15) is 5.26 Å². The second-order valence-electron chi connectivity index (χ2n) is 4.85. The zero-order valence-electron chi connectivity index (χ0n) is 10.7. The van der Waals surface area contributed by atoms with Gasteiger partial charge < -0.3 is 16.4 Å². The Kier molecular flexibility index (Phi) is 4.37. The highest BCUT2D eigenvalue weighted by Gasteiger charge is 2.23. The van der Waals surface area contributed by atoms with Gasteiger partial charge in [-0.3, -0.25) is 0 Å². The van der Waals surface area contributed by atoms with Crippen molar-refractivity contribution in [2.24, 2.45) is 5.73 Å². The van der Waals surface area contributed by atoms with Crippen molar-refractivity contribution in [2.75, 3.05) is 5.32 Å². The van der Waals surface area contributed by atoms with Crippen molar-refractivity contribution in [2.45, 2.75) is 37.8 Å². The molecular weight excluding hydrogens is 240 g/mol. The maximum atomic E-state index is 11.9. The van der Waals surface area contributed by atoms with Gasteiger partial charge >= 0.3 is 6.03 Å². The SMILES string of the molecule is N#Cc1cccc(NC(=O)N[C@@H]2CCCC[C@H]2N)c1. The molecule has 1 aliphatic carbocycles. The van der Waals surface area contributed by atoms with E-state index in [1.165, 1.54) is 0 Å². The number of carbonyl (C=O) groups is 1. The van der Waals surface area contributed by atoms with Crippen LogP contribution in [0.3, 0.4) is 0 Å². The predicted molar refractivity (Wildman–Crippen MR) is 73.5 cm³/mol. The molecule has 0 saturated heterocycles. The van der Waals surface area contributed by atoms with Crippen molar-refractivity contribution >= 4 is 11.7 Å². The Bertz CT molecular complexity index is 494. The van der Waals surface area contributed by atoms with Crippen LogP contribution in [0.15, 0.2) is 24.3 Å². The highest BCUT2D eigenvalue weighted by atomic mass is 16.2. The number of hydrogen-bond acceptors (Lipinski definition) is 3. The molecule has 1 saturated carbocycles. The summed E-state index contributed by atoms with van der Waals surface area (Å²) in [5, 5.41) is 14.4. The normalized spacial score (nSPS) is 22.3. The van der Waals surface area contributed by atoms with Gasteiger partial charge in [0.15, 0.2) is 0 Å². The number of rotatable bonds is 2. The van der Waals surface area contributed by atoms with Crippen LogP contribution in [-0.4, -0.2) is 18.1 Å². The molecule has 1 aromatic carbocycles. The topological polar surface area (TPSA) is 90.9 Å². The third-order valence-electron chi connectivity index (χ3n) is 3.39. The summed E-state index contributed by atoms with van der Waals surface area (Å²) in [5.41, 5.74) is 7.11. The molecule has 5 heteroatoms. The Morgan fingerprint density at radius 1 is 1.37 bits per heavy atom. The van der Waals surface area contributed by atoms with Crippen LogP contribution in [0.5, 0.6) is 0 Å². The molecule has 1 aliphatic rings. The fourth-order valence-corrected chi connectivity index (χ4v) is 2.34. The van der Waals surface area contributed by atoms with E-state index in [4.69, 9.17) is 11.0 Å². The van der Waals surface area contributed by atoms with Gasteiger partial charge in [-0.05, 0) is 31.0 Å². The largest absolute Gasteiger partial charge is 0.334 e. The molecule has 0 radical (unpaired) electrons. The van der Waals surface area contributed by atoms with Crippen molar-refractivity contribution < 1.29 is 4.79 Å². The summed E-state index contributed by atoms with van der Waals surface area (Å²) in [6.07, 6.45) is 4.11. The quantitative estimate of drug-likeness (QED) is 0.757. The van der Waals surface area contributed by atoms with Crippen molar-refractivity contribution in [3.05, 3.63) is 29.8 Å². The zero-order valence-corrected chi connectivity index (χ0v) is 10.7. The van der Waals surface area contributed by atoms with Gasteiger partial charge in [0.2, 0.25) is 0 Å². The maximum Gasteiger partial charge on any atom is 0.319 e. The average molecular weight is 258 g/mol. The van der Waals surface area contributed by atoms with Crippen LogP contribution in [-0.2, 0) is 0 Å². The highest BCUT2D eigenvalue weighted by Crippen LogP contribution is 2.17. The van der Waals surface area contributed by atoms with E-state index in [2.05, 4.69) is 10.6 Å². The van der Waals surface area contributed by atoms with Gasteiger partial charge in [0.1, 0.15) is 0 Å². The summed E-state index contributed by atoms with van der Waals surface area (Å²) in [6.45, 7) is 0. The molecule has 1 fully saturated rings. The number of urea groups is 1. The molecule has 0 spiro atoms. The molecule has 100 valence electrons. The minimum atomic E-state index is -0.266. The van der Waals surface area contributed by atoms with Gasteiger partial charge in [-0.25, -0.2) is 4.79 Å². The lowest BCUT2D eigenvalue weighted by Crippen LogP contribution is -2.50. The lowest BCUT2D eigenvalue weighted by Gasteiger charge is -2.29. The van der Waals surface area contributed by atoms with Crippen LogP contribution in [0, 0.1) is 11.3 Å². The summed E-state index contributed by atoms with van der Waals surface area (Å²) in [6, 6.07) is 8.66. The monoisotopic (exact) mass is 258 g/mol. The van der Waals surface area contributed by atoms with Crippen LogP contribution in [0.2, 0.25) is 0 Å². The van der Waals surface area contributed by atoms with E-state index in [9.17, 15) is 4.79 Å². The van der Waals surface area contributed by atoms with Gasteiger partial charge in [-0.1, -0.05) is 18.9 Å². The Hall–Kier alpha value is -2.06. The number of hydrogen-bond donors (Lipinski definition) is 3. The molecule has 1 aromatic rings. The van der Waals surface area contributed by atoms with Gasteiger partial charge in [0.25, 0.3) is 0 Å². The molecule has 2 atom stereocenters. The molecule has 0 aromatic heterocycles.